The Morgan fingerprint density at radius 1 is 1.24 bits per heavy atom. The van der Waals surface area contributed by atoms with Gasteiger partial charge in [-0.3, -0.25) is 14.5 Å². The van der Waals surface area contributed by atoms with Crippen LogP contribution in [0.2, 0.25) is 0 Å². The van der Waals surface area contributed by atoms with Gasteiger partial charge in [0.25, 0.3) is 5.91 Å². The zero-order valence-corrected chi connectivity index (χ0v) is 18.2. The number of aryl methyl sites for hydroxylation is 1. The van der Waals surface area contributed by atoms with Gasteiger partial charge in [0.1, 0.15) is 5.75 Å². The fourth-order valence-corrected chi connectivity index (χ4v) is 3.07. The van der Waals surface area contributed by atoms with E-state index >= 15 is 0 Å². The molecule has 158 valence electrons. The molecule has 0 unspecified atom stereocenters. The lowest BCUT2D eigenvalue weighted by Gasteiger charge is -2.22. The number of amides is 1. The van der Waals surface area contributed by atoms with Crippen LogP contribution in [0.15, 0.2) is 35.5 Å². The van der Waals surface area contributed by atoms with E-state index in [1.165, 1.54) is 5.56 Å². The van der Waals surface area contributed by atoms with E-state index in [1.54, 1.807) is 38.4 Å². The molecule has 8 nitrogen and oxygen atoms in total. The number of nitrogens with one attached hydrogen (secondary N) is 2. The Kier molecular flexibility index (Phi) is 8.06. The van der Waals surface area contributed by atoms with Crippen LogP contribution in [0, 0.1) is 0 Å². The highest BCUT2D eigenvalue weighted by atomic mass is 16.5. The Labute approximate surface area is 173 Å². The van der Waals surface area contributed by atoms with Gasteiger partial charge < -0.3 is 20.3 Å². The van der Waals surface area contributed by atoms with Gasteiger partial charge in [-0.05, 0) is 30.2 Å². The first-order valence-electron chi connectivity index (χ1n) is 9.72. The monoisotopic (exact) mass is 400 g/mol. The molecule has 0 fully saturated rings. The molecule has 0 bridgehead atoms. The molecule has 2 rings (SSSR count). The lowest BCUT2D eigenvalue weighted by Crippen LogP contribution is -2.42. The number of benzene rings is 1. The molecule has 8 heteroatoms. The highest BCUT2D eigenvalue weighted by molar-refractivity contribution is 5.94. The number of aromatic nitrogens is 2. The van der Waals surface area contributed by atoms with Crippen LogP contribution in [0.3, 0.4) is 0 Å². The van der Waals surface area contributed by atoms with Crippen molar-refractivity contribution in [2.24, 2.45) is 12.0 Å². The van der Waals surface area contributed by atoms with Crippen molar-refractivity contribution in [1.82, 2.24) is 25.3 Å². The highest BCUT2D eigenvalue weighted by Crippen LogP contribution is 2.18. The number of nitrogens with zero attached hydrogens (tertiary/aromatic N) is 4. The van der Waals surface area contributed by atoms with E-state index in [0.717, 1.165) is 17.4 Å². The smallest absolute Gasteiger partial charge is 0.251 e. The minimum Gasteiger partial charge on any atom is -0.497 e. The van der Waals surface area contributed by atoms with Gasteiger partial charge in [-0.1, -0.05) is 13.8 Å². The standard InChI is InChI=1S/C21H32N6O2/c1-15(2)19-17(14-27(5)25-19)13-26(4)21(22-3)24-12-11-23-20(28)16-7-9-18(29-6)10-8-16/h7-10,14-15H,11-13H2,1-6H3,(H,22,24)(H,23,28). The SMILES string of the molecule is CN=C(NCCNC(=O)c1ccc(OC)cc1)N(C)Cc1cn(C)nc1C(C)C. The van der Waals surface area contributed by atoms with Gasteiger partial charge in [-0.2, -0.15) is 5.10 Å². The van der Waals surface area contributed by atoms with Crippen molar-refractivity contribution in [3.05, 3.63) is 47.3 Å². The molecule has 0 aliphatic rings. The first-order valence-corrected chi connectivity index (χ1v) is 9.72. The molecule has 1 aromatic heterocycles. The maximum atomic E-state index is 12.2. The maximum absolute atomic E-state index is 12.2. The third-order valence-electron chi connectivity index (χ3n) is 4.51. The van der Waals surface area contributed by atoms with Crippen LogP contribution in [0.4, 0.5) is 0 Å². The van der Waals surface area contributed by atoms with Crippen LogP contribution in [-0.4, -0.2) is 60.8 Å². The predicted molar refractivity (Wildman–Crippen MR) is 115 cm³/mol. The number of rotatable bonds is 8. The van der Waals surface area contributed by atoms with Gasteiger partial charge in [0.15, 0.2) is 5.96 Å². The van der Waals surface area contributed by atoms with Crippen molar-refractivity contribution in [2.45, 2.75) is 26.3 Å². The van der Waals surface area contributed by atoms with Gasteiger partial charge in [0, 0.05) is 58.1 Å². The zero-order chi connectivity index (χ0) is 21.4. The second-order valence-electron chi connectivity index (χ2n) is 7.18. The Morgan fingerprint density at radius 2 is 1.90 bits per heavy atom. The topological polar surface area (TPSA) is 83.8 Å². The van der Waals surface area contributed by atoms with Crippen LogP contribution in [0.25, 0.3) is 0 Å². The fourth-order valence-electron chi connectivity index (χ4n) is 3.07. The average molecular weight is 401 g/mol. The second-order valence-corrected chi connectivity index (χ2v) is 7.18. The van der Waals surface area contributed by atoms with Crippen LogP contribution >= 0.6 is 0 Å². The molecule has 1 amide bonds. The number of methoxy groups -OCH3 is 1. The molecule has 29 heavy (non-hydrogen) atoms. The molecule has 1 heterocycles. The third kappa shape index (κ3) is 6.23. The van der Waals surface area contributed by atoms with Crippen molar-refractivity contribution in [3.8, 4) is 5.75 Å². The van der Waals surface area contributed by atoms with E-state index in [0.29, 0.717) is 31.1 Å². The summed E-state index contributed by atoms with van der Waals surface area (Å²) >= 11 is 0. The fraction of sp³-hybridized carbons (Fsp3) is 0.476. The molecule has 0 atom stereocenters. The normalized spacial score (nSPS) is 11.5. The minimum absolute atomic E-state index is 0.116. The van der Waals surface area contributed by atoms with Crippen LogP contribution in [0.1, 0.15) is 41.4 Å². The molecule has 0 aliphatic carbocycles. The molecule has 2 aromatic rings. The molecule has 1 aromatic carbocycles. The van der Waals surface area contributed by atoms with Gasteiger partial charge in [-0.15, -0.1) is 0 Å². The number of carbonyl (C=O) groups is 1. The van der Waals surface area contributed by atoms with Crippen molar-refractivity contribution >= 4 is 11.9 Å². The number of guanidine groups is 1. The van der Waals surface area contributed by atoms with Crippen molar-refractivity contribution in [1.29, 1.82) is 0 Å². The first kappa shape index (κ1) is 22.3. The number of carbonyl (C=O) groups excluding carboxylic acids is 1. The summed E-state index contributed by atoms with van der Waals surface area (Å²) < 4.78 is 6.96. The summed E-state index contributed by atoms with van der Waals surface area (Å²) in [5.41, 5.74) is 2.88. The zero-order valence-electron chi connectivity index (χ0n) is 18.2. The lowest BCUT2D eigenvalue weighted by molar-refractivity contribution is 0.0954. The molecule has 0 aliphatic heterocycles. The largest absolute Gasteiger partial charge is 0.497 e. The lowest BCUT2D eigenvalue weighted by atomic mass is 10.1. The van der Waals surface area contributed by atoms with E-state index in [4.69, 9.17) is 4.74 Å². The van der Waals surface area contributed by atoms with E-state index in [1.807, 2.05) is 29.9 Å². The average Bonchev–Trinajstić information content (AvgIpc) is 3.08. The molecule has 0 spiro atoms. The van der Waals surface area contributed by atoms with Gasteiger partial charge in [0.05, 0.1) is 12.8 Å². The van der Waals surface area contributed by atoms with Crippen molar-refractivity contribution < 1.29 is 9.53 Å². The molecular weight excluding hydrogens is 368 g/mol. The summed E-state index contributed by atoms with van der Waals surface area (Å²) in [6.45, 7) is 6.05. The summed E-state index contributed by atoms with van der Waals surface area (Å²) in [7, 11) is 7.28. The van der Waals surface area contributed by atoms with E-state index < -0.39 is 0 Å². The second kappa shape index (κ2) is 10.5. The Morgan fingerprint density at radius 3 is 2.48 bits per heavy atom. The van der Waals surface area contributed by atoms with E-state index in [2.05, 4.69) is 34.6 Å². The maximum Gasteiger partial charge on any atom is 0.251 e. The number of hydrogen-bond acceptors (Lipinski definition) is 4. The Bertz CT molecular complexity index is 826. The van der Waals surface area contributed by atoms with Crippen molar-refractivity contribution in [2.75, 3.05) is 34.3 Å². The molecule has 2 N–H and O–H groups in total. The summed E-state index contributed by atoms with van der Waals surface area (Å²) in [5, 5.41) is 10.7. The van der Waals surface area contributed by atoms with Crippen LogP contribution in [0.5, 0.6) is 5.75 Å². The Hall–Kier alpha value is -3.03. The van der Waals surface area contributed by atoms with E-state index in [9.17, 15) is 4.79 Å². The summed E-state index contributed by atoms with van der Waals surface area (Å²) in [6.07, 6.45) is 2.05. The van der Waals surface area contributed by atoms with Gasteiger partial charge in [0.2, 0.25) is 0 Å². The van der Waals surface area contributed by atoms with Gasteiger partial charge >= 0.3 is 0 Å². The summed E-state index contributed by atoms with van der Waals surface area (Å²) in [6, 6.07) is 7.03. The summed E-state index contributed by atoms with van der Waals surface area (Å²) in [4.78, 5) is 18.6. The molecule has 0 saturated carbocycles. The number of hydrogen-bond donors (Lipinski definition) is 2. The predicted octanol–water partition coefficient (Wildman–Crippen LogP) is 1.99. The van der Waals surface area contributed by atoms with Crippen LogP contribution < -0.4 is 15.4 Å². The Balaban J connectivity index is 1.83. The molecular formula is C21H32N6O2. The number of aliphatic imine (C=N–C) groups is 1. The third-order valence-corrected chi connectivity index (χ3v) is 4.51. The van der Waals surface area contributed by atoms with Crippen molar-refractivity contribution in [3.63, 3.8) is 0 Å². The first-order chi connectivity index (χ1) is 13.8. The molecule has 0 radical (unpaired) electrons. The molecule has 0 saturated heterocycles. The van der Waals surface area contributed by atoms with E-state index in [-0.39, 0.29) is 5.91 Å². The number of ether oxygens (including phenoxy) is 1. The quantitative estimate of drug-likeness (QED) is 0.402. The van der Waals surface area contributed by atoms with Crippen LogP contribution in [-0.2, 0) is 13.6 Å². The minimum atomic E-state index is -0.116. The summed E-state index contributed by atoms with van der Waals surface area (Å²) in [5.74, 6) is 1.74. The highest BCUT2D eigenvalue weighted by Gasteiger charge is 2.15. The van der Waals surface area contributed by atoms with Gasteiger partial charge in [-0.25, -0.2) is 0 Å².